The van der Waals surface area contributed by atoms with E-state index < -0.39 is 9.84 Å². The van der Waals surface area contributed by atoms with Crippen molar-refractivity contribution >= 4 is 9.84 Å². The first-order valence-electron chi connectivity index (χ1n) is 7.62. The van der Waals surface area contributed by atoms with E-state index in [-0.39, 0.29) is 11.9 Å². The van der Waals surface area contributed by atoms with Gasteiger partial charge in [0.05, 0.1) is 17.6 Å². The molecule has 1 heterocycles. The van der Waals surface area contributed by atoms with Gasteiger partial charge in [0, 0.05) is 12.6 Å². The number of rotatable bonds is 10. The third-order valence-electron chi connectivity index (χ3n) is 3.65. The second-order valence-electron chi connectivity index (χ2n) is 5.45. The van der Waals surface area contributed by atoms with Gasteiger partial charge in [-0.25, -0.2) is 8.42 Å². The summed E-state index contributed by atoms with van der Waals surface area (Å²) in [5.74, 6) is 0.517. The lowest BCUT2D eigenvalue weighted by atomic mass is 10.1. The van der Waals surface area contributed by atoms with E-state index in [9.17, 15) is 8.42 Å². The highest BCUT2D eigenvalue weighted by atomic mass is 32.2. The molecule has 4 nitrogen and oxygen atoms in total. The Morgan fingerprint density at radius 2 is 2.16 bits per heavy atom. The summed E-state index contributed by atoms with van der Waals surface area (Å²) >= 11 is 0. The van der Waals surface area contributed by atoms with E-state index in [1.54, 1.807) is 0 Å². The van der Waals surface area contributed by atoms with Crippen molar-refractivity contribution in [2.45, 2.75) is 64.5 Å². The molecule has 0 aromatic heterocycles. The van der Waals surface area contributed by atoms with Crippen LogP contribution in [-0.4, -0.2) is 45.2 Å². The number of hydrogen-bond donors (Lipinski definition) is 1. The predicted molar refractivity (Wildman–Crippen MR) is 79.2 cm³/mol. The van der Waals surface area contributed by atoms with Crippen LogP contribution in [-0.2, 0) is 14.6 Å². The van der Waals surface area contributed by atoms with Gasteiger partial charge in [0.2, 0.25) is 0 Å². The minimum Gasteiger partial charge on any atom is -0.377 e. The summed E-state index contributed by atoms with van der Waals surface area (Å²) in [6.07, 6.45) is 5.73. The quantitative estimate of drug-likeness (QED) is 0.670. The molecule has 0 aromatic carbocycles. The molecule has 0 aromatic rings. The molecule has 1 saturated heterocycles. The highest BCUT2D eigenvalue weighted by Crippen LogP contribution is 2.15. The average Bonchev–Trinajstić information content (AvgIpc) is 2.85. The monoisotopic (exact) mass is 291 g/mol. The summed E-state index contributed by atoms with van der Waals surface area (Å²) in [7, 11) is -2.94. The number of sulfone groups is 1. The lowest BCUT2D eigenvalue weighted by molar-refractivity contribution is 0.127. The van der Waals surface area contributed by atoms with E-state index >= 15 is 0 Å². The first-order chi connectivity index (χ1) is 9.07. The molecule has 5 heteroatoms. The molecule has 0 amide bonds. The molecular weight excluding hydrogens is 262 g/mol. The molecule has 0 aliphatic carbocycles. The summed E-state index contributed by atoms with van der Waals surface area (Å²) in [6.45, 7) is 6.03. The first kappa shape index (κ1) is 16.9. The first-order valence-corrected chi connectivity index (χ1v) is 9.45. The van der Waals surface area contributed by atoms with Crippen LogP contribution in [0.25, 0.3) is 0 Å². The molecule has 1 fully saturated rings. The van der Waals surface area contributed by atoms with Crippen LogP contribution in [0.15, 0.2) is 0 Å². The van der Waals surface area contributed by atoms with E-state index in [0.29, 0.717) is 11.8 Å². The van der Waals surface area contributed by atoms with Crippen molar-refractivity contribution in [3.8, 4) is 0 Å². The number of hydrogen-bond acceptors (Lipinski definition) is 4. The van der Waals surface area contributed by atoms with Crippen LogP contribution in [0.1, 0.15) is 52.4 Å². The highest BCUT2D eigenvalue weighted by molar-refractivity contribution is 7.91. The van der Waals surface area contributed by atoms with Gasteiger partial charge in [0.1, 0.15) is 0 Å². The van der Waals surface area contributed by atoms with Gasteiger partial charge in [0.15, 0.2) is 9.84 Å². The van der Waals surface area contributed by atoms with E-state index in [1.807, 2.05) is 0 Å². The van der Waals surface area contributed by atoms with Gasteiger partial charge in [-0.3, -0.25) is 0 Å². The lowest BCUT2D eigenvalue weighted by Crippen LogP contribution is -2.30. The smallest absolute Gasteiger partial charge is 0.152 e. The van der Waals surface area contributed by atoms with Crippen LogP contribution in [0.4, 0.5) is 0 Å². The third kappa shape index (κ3) is 7.28. The number of nitrogens with one attached hydrogen (secondary N) is 1. The van der Waals surface area contributed by atoms with Crippen molar-refractivity contribution < 1.29 is 13.2 Å². The molecule has 2 unspecified atom stereocenters. The maximum atomic E-state index is 12.0. The Hall–Kier alpha value is -0.130. The fraction of sp³-hybridized carbons (Fsp3) is 1.00. The van der Waals surface area contributed by atoms with Gasteiger partial charge in [-0.1, -0.05) is 13.8 Å². The van der Waals surface area contributed by atoms with E-state index in [2.05, 4.69) is 19.2 Å². The van der Waals surface area contributed by atoms with E-state index in [4.69, 9.17) is 4.74 Å². The molecule has 1 aliphatic heterocycles. The van der Waals surface area contributed by atoms with Crippen molar-refractivity contribution in [2.75, 3.05) is 24.7 Å². The fourth-order valence-corrected chi connectivity index (χ4v) is 4.09. The second-order valence-corrected chi connectivity index (χ2v) is 7.68. The van der Waals surface area contributed by atoms with E-state index in [1.165, 1.54) is 0 Å². The molecule has 0 spiro atoms. The lowest BCUT2D eigenvalue weighted by Gasteiger charge is -2.16. The average molecular weight is 291 g/mol. The van der Waals surface area contributed by atoms with Gasteiger partial charge in [-0.05, 0) is 45.1 Å². The van der Waals surface area contributed by atoms with Crippen molar-refractivity contribution in [3.05, 3.63) is 0 Å². The topological polar surface area (TPSA) is 55.4 Å². The molecule has 0 radical (unpaired) electrons. The predicted octanol–water partition coefficient (Wildman–Crippen LogP) is 2.14. The molecule has 1 N–H and O–H groups in total. The molecule has 0 saturated carbocycles. The fourth-order valence-electron chi connectivity index (χ4n) is 2.49. The van der Waals surface area contributed by atoms with Crippen LogP contribution in [0.2, 0.25) is 0 Å². The Kier molecular flexibility index (Phi) is 7.95. The van der Waals surface area contributed by atoms with Gasteiger partial charge in [0.25, 0.3) is 0 Å². The van der Waals surface area contributed by atoms with Crippen molar-refractivity contribution in [1.82, 2.24) is 5.32 Å². The summed E-state index contributed by atoms with van der Waals surface area (Å²) in [5, 5.41) is 3.46. The van der Waals surface area contributed by atoms with Crippen LogP contribution in [0, 0.1) is 0 Å². The molecule has 0 bridgehead atoms. The minimum atomic E-state index is -2.94. The molecule has 114 valence electrons. The maximum absolute atomic E-state index is 12.0. The third-order valence-corrected chi connectivity index (χ3v) is 5.44. The normalized spacial score (nSPS) is 21.7. The maximum Gasteiger partial charge on any atom is 0.152 e. The number of ether oxygens (including phenoxy) is 1. The SMILES string of the molecule is CCCNC(CC)CCCS(=O)(=O)CC1CCCO1. The Morgan fingerprint density at radius 1 is 1.37 bits per heavy atom. The van der Waals surface area contributed by atoms with Crippen LogP contribution in [0.5, 0.6) is 0 Å². The molecule has 2 atom stereocenters. The van der Waals surface area contributed by atoms with Crippen LogP contribution < -0.4 is 5.32 Å². The van der Waals surface area contributed by atoms with Crippen LogP contribution >= 0.6 is 0 Å². The van der Waals surface area contributed by atoms with Crippen molar-refractivity contribution in [1.29, 1.82) is 0 Å². The van der Waals surface area contributed by atoms with E-state index in [0.717, 1.165) is 51.7 Å². The zero-order valence-corrected chi connectivity index (χ0v) is 13.2. The minimum absolute atomic E-state index is 0.0508. The van der Waals surface area contributed by atoms with Crippen LogP contribution in [0.3, 0.4) is 0 Å². The second kappa shape index (κ2) is 8.93. The molecular formula is C14H29NO3S. The summed E-state index contributed by atoms with van der Waals surface area (Å²) in [5.41, 5.74) is 0. The Bertz CT molecular complexity index is 324. The zero-order chi connectivity index (χ0) is 14.1. The summed E-state index contributed by atoms with van der Waals surface area (Å²) in [4.78, 5) is 0. The van der Waals surface area contributed by atoms with Gasteiger partial charge >= 0.3 is 0 Å². The Balaban J connectivity index is 2.22. The molecule has 19 heavy (non-hydrogen) atoms. The standard InChI is InChI=1S/C14H29NO3S/c1-3-9-15-13(4-2)7-6-11-19(16,17)12-14-8-5-10-18-14/h13-15H,3-12H2,1-2H3. The largest absolute Gasteiger partial charge is 0.377 e. The molecule has 1 rings (SSSR count). The Morgan fingerprint density at radius 3 is 2.74 bits per heavy atom. The van der Waals surface area contributed by atoms with Gasteiger partial charge in [-0.2, -0.15) is 0 Å². The van der Waals surface area contributed by atoms with Crippen molar-refractivity contribution in [3.63, 3.8) is 0 Å². The van der Waals surface area contributed by atoms with Gasteiger partial charge < -0.3 is 10.1 Å². The van der Waals surface area contributed by atoms with Gasteiger partial charge in [-0.15, -0.1) is 0 Å². The summed E-state index contributed by atoms with van der Waals surface area (Å²) in [6, 6.07) is 0.456. The zero-order valence-electron chi connectivity index (χ0n) is 12.4. The molecule has 1 aliphatic rings. The highest BCUT2D eigenvalue weighted by Gasteiger charge is 2.23. The Labute approximate surface area is 118 Å². The summed E-state index contributed by atoms with van der Waals surface area (Å²) < 4.78 is 29.3. The van der Waals surface area contributed by atoms with Crippen molar-refractivity contribution in [2.24, 2.45) is 0 Å².